The van der Waals surface area contributed by atoms with E-state index in [0.717, 1.165) is 31.9 Å². The second-order valence-electron chi connectivity index (χ2n) is 6.14. The van der Waals surface area contributed by atoms with Crippen molar-refractivity contribution in [1.82, 2.24) is 15.1 Å². The summed E-state index contributed by atoms with van der Waals surface area (Å²) in [5, 5.41) is 8.15. The van der Waals surface area contributed by atoms with Gasteiger partial charge in [-0.05, 0) is 58.6 Å². The van der Waals surface area contributed by atoms with Gasteiger partial charge in [-0.15, -0.1) is 0 Å². The summed E-state index contributed by atoms with van der Waals surface area (Å²) in [6.45, 7) is 8.23. The summed E-state index contributed by atoms with van der Waals surface area (Å²) < 4.78 is 7.82. The molecule has 0 spiro atoms. The molecule has 1 N–H and O–H groups in total. The fourth-order valence-electron chi connectivity index (χ4n) is 3.32. The Hall–Kier alpha value is -0.870. The molecule has 0 saturated heterocycles. The molecule has 0 aliphatic heterocycles. The minimum Gasteiger partial charge on any atom is -0.378 e. The highest BCUT2D eigenvalue weighted by molar-refractivity contribution is 5.12. The molecular formula is C17H31N3O. The third-order valence-corrected chi connectivity index (χ3v) is 4.65. The van der Waals surface area contributed by atoms with E-state index in [1.54, 1.807) is 0 Å². The van der Waals surface area contributed by atoms with Crippen LogP contribution in [0.15, 0.2) is 6.07 Å². The zero-order chi connectivity index (χ0) is 15.2. The number of likely N-dealkylation sites (N-methyl/N-ethyl adjacent to an activating group) is 1. The van der Waals surface area contributed by atoms with Crippen molar-refractivity contribution in [2.24, 2.45) is 5.92 Å². The fraction of sp³-hybridized carbons (Fsp3) is 0.824. The first-order valence-corrected chi connectivity index (χ1v) is 8.54. The maximum absolute atomic E-state index is 5.66. The number of aryl methyl sites for hydroxylation is 2. The van der Waals surface area contributed by atoms with Crippen molar-refractivity contribution in [2.75, 3.05) is 13.7 Å². The summed E-state index contributed by atoms with van der Waals surface area (Å²) in [6.07, 6.45) is 6.33. The Morgan fingerprint density at radius 1 is 1.38 bits per heavy atom. The summed E-state index contributed by atoms with van der Waals surface area (Å²) >= 11 is 0. The molecule has 1 fully saturated rings. The molecule has 0 aromatic carbocycles. The van der Waals surface area contributed by atoms with Crippen LogP contribution in [0, 0.1) is 5.92 Å². The molecule has 0 amide bonds. The number of aromatic nitrogens is 2. The van der Waals surface area contributed by atoms with Crippen LogP contribution < -0.4 is 5.32 Å². The van der Waals surface area contributed by atoms with Crippen LogP contribution in [0.1, 0.15) is 51.4 Å². The van der Waals surface area contributed by atoms with Crippen molar-refractivity contribution in [3.63, 3.8) is 0 Å². The maximum Gasteiger partial charge on any atom is 0.0624 e. The number of nitrogens with one attached hydrogen (secondary N) is 1. The first-order valence-electron chi connectivity index (χ1n) is 8.54. The van der Waals surface area contributed by atoms with Gasteiger partial charge in [0, 0.05) is 31.3 Å². The van der Waals surface area contributed by atoms with Gasteiger partial charge >= 0.3 is 0 Å². The van der Waals surface area contributed by atoms with Crippen molar-refractivity contribution in [3.8, 4) is 0 Å². The molecule has 1 heterocycles. The van der Waals surface area contributed by atoms with Gasteiger partial charge in [-0.2, -0.15) is 5.10 Å². The normalized spacial score (nSPS) is 23.0. The Balaban J connectivity index is 1.86. The second-order valence-corrected chi connectivity index (χ2v) is 6.14. The molecule has 0 radical (unpaired) electrons. The molecule has 1 atom stereocenters. The van der Waals surface area contributed by atoms with Gasteiger partial charge in [-0.25, -0.2) is 0 Å². The molecular weight excluding hydrogens is 262 g/mol. The molecule has 2 rings (SSSR count). The molecule has 4 nitrogen and oxygen atoms in total. The van der Waals surface area contributed by atoms with Crippen molar-refractivity contribution >= 4 is 0 Å². The van der Waals surface area contributed by atoms with E-state index in [9.17, 15) is 0 Å². The number of hydrogen-bond acceptors (Lipinski definition) is 3. The lowest BCUT2D eigenvalue weighted by atomic mass is 9.77. The Labute approximate surface area is 129 Å². The lowest BCUT2D eigenvalue weighted by Gasteiger charge is -2.37. The van der Waals surface area contributed by atoms with E-state index < -0.39 is 0 Å². The van der Waals surface area contributed by atoms with Gasteiger partial charge in [0.15, 0.2) is 0 Å². The van der Waals surface area contributed by atoms with Gasteiger partial charge in [-0.1, -0.05) is 6.92 Å². The van der Waals surface area contributed by atoms with Gasteiger partial charge < -0.3 is 10.1 Å². The molecule has 0 bridgehead atoms. The summed E-state index contributed by atoms with van der Waals surface area (Å²) in [5.41, 5.74) is 2.58. The standard InChI is InChI=1S/C17H31N3O/c1-5-14-11-16(20(6-2)19-14)12-15(18-4)8-13-9-17(10-13)21-7-3/h11,13,15,17-18H,5-10,12H2,1-4H3. The van der Waals surface area contributed by atoms with E-state index in [1.165, 1.54) is 30.7 Å². The lowest BCUT2D eigenvalue weighted by Crippen LogP contribution is -2.38. The third kappa shape index (κ3) is 4.30. The first kappa shape index (κ1) is 16.5. The molecule has 1 aromatic rings. The number of rotatable bonds is 9. The van der Waals surface area contributed by atoms with Crippen molar-refractivity contribution in [3.05, 3.63) is 17.5 Å². The van der Waals surface area contributed by atoms with Crippen LogP contribution in [0.3, 0.4) is 0 Å². The fourth-order valence-corrected chi connectivity index (χ4v) is 3.32. The van der Waals surface area contributed by atoms with Gasteiger partial charge in [0.25, 0.3) is 0 Å². The van der Waals surface area contributed by atoms with Crippen LogP contribution in [-0.2, 0) is 24.1 Å². The molecule has 1 unspecified atom stereocenters. The lowest BCUT2D eigenvalue weighted by molar-refractivity contribution is -0.0288. The van der Waals surface area contributed by atoms with Crippen LogP contribution in [0.4, 0.5) is 0 Å². The Kier molecular flexibility index (Phi) is 6.24. The molecule has 21 heavy (non-hydrogen) atoms. The zero-order valence-electron chi connectivity index (χ0n) is 14.1. The summed E-state index contributed by atoms with van der Waals surface area (Å²) in [4.78, 5) is 0. The predicted octanol–water partition coefficient (Wildman–Crippen LogP) is 2.80. The SMILES string of the molecule is CCOC1CC(CC(Cc2cc(CC)nn2CC)NC)C1. The molecule has 120 valence electrons. The molecule has 1 aromatic heterocycles. The quantitative estimate of drug-likeness (QED) is 0.761. The minimum absolute atomic E-state index is 0.519. The first-order chi connectivity index (χ1) is 10.2. The van der Waals surface area contributed by atoms with Crippen molar-refractivity contribution in [2.45, 2.75) is 71.6 Å². The number of hydrogen-bond donors (Lipinski definition) is 1. The van der Waals surface area contributed by atoms with Crippen LogP contribution in [-0.4, -0.2) is 35.6 Å². The topological polar surface area (TPSA) is 39.1 Å². The highest BCUT2D eigenvalue weighted by Gasteiger charge is 2.31. The van der Waals surface area contributed by atoms with Gasteiger partial charge in [-0.3, -0.25) is 4.68 Å². The third-order valence-electron chi connectivity index (χ3n) is 4.65. The van der Waals surface area contributed by atoms with Crippen molar-refractivity contribution < 1.29 is 4.74 Å². The van der Waals surface area contributed by atoms with E-state index >= 15 is 0 Å². The van der Waals surface area contributed by atoms with Gasteiger partial charge in [0.2, 0.25) is 0 Å². The highest BCUT2D eigenvalue weighted by Crippen LogP contribution is 2.34. The molecule has 1 saturated carbocycles. The van der Waals surface area contributed by atoms with Crippen molar-refractivity contribution in [1.29, 1.82) is 0 Å². The number of ether oxygens (including phenoxy) is 1. The smallest absolute Gasteiger partial charge is 0.0624 e. The van der Waals surface area contributed by atoms with Crippen LogP contribution >= 0.6 is 0 Å². The number of nitrogens with zero attached hydrogens (tertiary/aromatic N) is 2. The molecule has 4 heteroatoms. The minimum atomic E-state index is 0.519. The van der Waals surface area contributed by atoms with Crippen LogP contribution in [0.25, 0.3) is 0 Å². The van der Waals surface area contributed by atoms with Gasteiger partial charge in [0.05, 0.1) is 11.8 Å². The largest absolute Gasteiger partial charge is 0.378 e. The average molecular weight is 293 g/mol. The Bertz CT molecular complexity index is 424. The Morgan fingerprint density at radius 2 is 2.14 bits per heavy atom. The van der Waals surface area contributed by atoms with Crippen LogP contribution in [0.5, 0.6) is 0 Å². The summed E-state index contributed by atoms with van der Waals surface area (Å²) in [6, 6.07) is 2.82. The summed E-state index contributed by atoms with van der Waals surface area (Å²) in [7, 11) is 2.08. The maximum atomic E-state index is 5.66. The molecule has 1 aliphatic carbocycles. The van der Waals surface area contributed by atoms with E-state index in [1.807, 2.05) is 0 Å². The van der Waals surface area contributed by atoms with Crippen LogP contribution in [0.2, 0.25) is 0 Å². The Morgan fingerprint density at radius 3 is 2.71 bits per heavy atom. The highest BCUT2D eigenvalue weighted by atomic mass is 16.5. The summed E-state index contributed by atoms with van der Waals surface area (Å²) in [5.74, 6) is 0.822. The predicted molar refractivity (Wildman–Crippen MR) is 86.6 cm³/mol. The monoisotopic (exact) mass is 293 g/mol. The van der Waals surface area contributed by atoms with Gasteiger partial charge in [0.1, 0.15) is 0 Å². The van der Waals surface area contributed by atoms with E-state index in [2.05, 4.69) is 49.0 Å². The average Bonchev–Trinajstić information content (AvgIpc) is 2.86. The van der Waals surface area contributed by atoms with E-state index in [4.69, 9.17) is 4.74 Å². The second kappa shape index (κ2) is 7.95. The zero-order valence-corrected chi connectivity index (χ0v) is 14.1. The van der Waals surface area contributed by atoms with E-state index in [-0.39, 0.29) is 0 Å². The molecule has 1 aliphatic rings. The van der Waals surface area contributed by atoms with E-state index in [0.29, 0.717) is 12.1 Å².